The number of nitrogens with zero attached hydrogens (tertiary/aromatic N) is 2. The standard InChI is InChI=1S/C16H19ClFN3/c1-3-9-19-16-8-7-14(17)15(20-16)11-21(2)13-6-4-5-12(18)10-13/h4-8,10H,3,9,11H2,1-2H3,(H,19,20). The Morgan fingerprint density at radius 2 is 2.10 bits per heavy atom. The molecule has 5 heteroatoms. The number of halogens is 2. The van der Waals surface area contributed by atoms with E-state index in [-0.39, 0.29) is 5.82 Å². The summed E-state index contributed by atoms with van der Waals surface area (Å²) in [5.41, 5.74) is 1.56. The van der Waals surface area contributed by atoms with Gasteiger partial charge >= 0.3 is 0 Å². The van der Waals surface area contributed by atoms with E-state index in [0.29, 0.717) is 11.6 Å². The van der Waals surface area contributed by atoms with E-state index in [1.807, 2.05) is 30.1 Å². The molecular weight excluding hydrogens is 289 g/mol. The van der Waals surface area contributed by atoms with Crippen molar-refractivity contribution in [2.24, 2.45) is 0 Å². The Bertz CT molecular complexity index is 604. The number of hydrogen-bond acceptors (Lipinski definition) is 3. The van der Waals surface area contributed by atoms with Crippen LogP contribution in [0.15, 0.2) is 36.4 Å². The summed E-state index contributed by atoms with van der Waals surface area (Å²) >= 11 is 6.20. The molecular formula is C16H19ClFN3. The molecule has 1 heterocycles. The quantitative estimate of drug-likeness (QED) is 0.861. The van der Waals surface area contributed by atoms with Crippen molar-refractivity contribution in [3.05, 3.63) is 52.9 Å². The first-order valence-electron chi connectivity index (χ1n) is 6.96. The second-order valence-corrected chi connectivity index (χ2v) is 5.29. The Morgan fingerprint density at radius 1 is 1.29 bits per heavy atom. The highest BCUT2D eigenvalue weighted by molar-refractivity contribution is 6.31. The molecule has 2 aromatic rings. The van der Waals surface area contributed by atoms with Crippen molar-refractivity contribution in [3.63, 3.8) is 0 Å². The largest absolute Gasteiger partial charge is 0.370 e. The molecule has 0 saturated carbocycles. The fourth-order valence-electron chi connectivity index (χ4n) is 1.98. The van der Waals surface area contributed by atoms with Crippen LogP contribution in [0.25, 0.3) is 0 Å². The molecule has 0 atom stereocenters. The number of aromatic nitrogens is 1. The number of benzene rings is 1. The summed E-state index contributed by atoms with van der Waals surface area (Å²) < 4.78 is 13.3. The molecule has 1 aromatic heterocycles. The summed E-state index contributed by atoms with van der Waals surface area (Å²) in [5, 5.41) is 3.85. The van der Waals surface area contributed by atoms with Gasteiger partial charge in [-0.15, -0.1) is 0 Å². The molecule has 112 valence electrons. The maximum Gasteiger partial charge on any atom is 0.126 e. The zero-order chi connectivity index (χ0) is 15.2. The van der Waals surface area contributed by atoms with Crippen LogP contribution in [0.1, 0.15) is 19.0 Å². The van der Waals surface area contributed by atoms with Crippen LogP contribution in [0.3, 0.4) is 0 Å². The Kier molecular flexibility index (Phi) is 5.39. The predicted molar refractivity (Wildman–Crippen MR) is 86.5 cm³/mol. The molecule has 0 radical (unpaired) electrons. The van der Waals surface area contributed by atoms with Crippen LogP contribution >= 0.6 is 11.6 Å². The van der Waals surface area contributed by atoms with Gasteiger partial charge in [-0.25, -0.2) is 9.37 Å². The number of hydrogen-bond donors (Lipinski definition) is 1. The van der Waals surface area contributed by atoms with Crippen LogP contribution in [0.2, 0.25) is 5.02 Å². The van der Waals surface area contributed by atoms with Crippen molar-refractivity contribution in [1.29, 1.82) is 0 Å². The monoisotopic (exact) mass is 307 g/mol. The lowest BCUT2D eigenvalue weighted by Gasteiger charge is -2.20. The maximum atomic E-state index is 13.3. The first-order chi connectivity index (χ1) is 10.1. The van der Waals surface area contributed by atoms with Gasteiger partial charge in [-0.05, 0) is 36.8 Å². The summed E-state index contributed by atoms with van der Waals surface area (Å²) in [6.07, 6.45) is 1.03. The molecule has 1 N–H and O–H groups in total. The molecule has 0 fully saturated rings. The lowest BCUT2D eigenvalue weighted by atomic mass is 10.2. The average molecular weight is 308 g/mol. The van der Waals surface area contributed by atoms with E-state index in [9.17, 15) is 4.39 Å². The fourth-order valence-corrected chi connectivity index (χ4v) is 2.14. The highest BCUT2D eigenvalue weighted by Gasteiger charge is 2.09. The van der Waals surface area contributed by atoms with Crippen LogP contribution in [0.5, 0.6) is 0 Å². The molecule has 0 aliphatic rings. The maximum absolute atomic E-state index is 13.3. The lowest BCUT2D eigenvalue weighted by Crippen LogP contribution is -2.18. The van der Waals surface area contributed by atoms with Gasteiger partial charge in [-0.3, -0.25) is 0 Å². The third-order valence-electron chi connectivity index (χ3n) is 3.11. The Labute approximate surface area is 129 Å². The van der Waals surface area contributed by atoms with Gasteiger partial charge in [0, 0.05) is 19.3 Å². The molecule has 0 amide bonds. The summed E-state index contributed by atoms with van der Waals surface area (Å²) in [6, 6.07) is 10.2. The van der Waals surface area contributed by atoms with Gasteiger partial charge in [0.05, 0.1) is 17.3 Å². The van der Waals surface area contributed by atoms with Gasteiger partial charge in [-0.2, -0.15) is 0 Å². The summed E-state index contributed by atoms with van der Waals surface area (Å²) in [7, 11) is 1.89. The van der Waals surface area contributed by atoms with Crippen molar-refractivity contribution in [2.45, 2.75) is 19.9 Å². The van der Waals surface area contributed by atoms with Crippen molar-refractivity contribution in [1.82, 2.24) is 4.98 Å². The lowest BCUT2D eigenvalue weighted by molar-refractivity contribution is 0.627. The van der Waals surface area contributed by atoms with Gasteiger partial charge in [0.1, 0.15) is 11.6 Å². The SMILES string of the molecule is CCCNc1ccc(Cl)c(CN(C)c2cccc(F)c2)n1. The van der Waals surface area contributed by atoms with E-state index in [2.05, 4.69) is 17.2 Å². The van der Waals surface area contributed by atoms with Crippen molar-refractivity contribution in [2.75, 3.05) is 23.8 Å². The Balaban J connectivity index is 2.14. The van der Waals surface area contributed by atoms with E-state index < -0.39 is 0 Å². The van der Waals surface area contributed by atoms with Gasteiger partial charge in [0.25, 0.3) is 0 Å². The van der Waals surface area contributed by atoms with E-state index in [4.69, 9.17) is 11.6 Å². The minimum Gasteiger partial charge on any atom is -0.370 e. The first kappa shape index (κ1) is 15.6. The molecule has 1 aromatic carbocycles. The van der Waals surface area contributed by atoms with Gasteiger partial charge in [0.15, 0.2) is 0 Å². The summed E-state index contributed by atoms with van der Waals surface area (Å²) in [4.78, 5) is 6.44. The van der Waals surface area contributed by atoms with Crippen LogP contribution in [-0.4, -0.2) is 18.6 Å². The minimum atomic E-state index is -0.253. The topological polar surface area (TPSA) is 28.2 Å². The van der Waals surface area contributed by atoms with Crippen molar-refractivity contribution < 1.29 is 4.39 Å². The van der Waals surface area contributed by atoms with Crippen LogP contribution < -0.4 is 10.2 Å². The molecule has 0 aliphatic carbocycles. The predicted octanol–water partition coefficient (Wildman–Crippen LogP) is 4.33. The smallest absolute Gasteiger partial charge is 0.126 e. The molecule has 3 nitrogen and oxygen atoms in total. The molecule has 0 saturated heterocycles. The minimum absolute atomic E-state index is 0.253. The third kappa shape index (κ3) is 4.33. The molecule has 0 spiro atoms. The number of nitrogens with one attached hydrogen (secondary N) is 1. The van der Waals surface area contributed by atoms with E-state index >= 15 is 0 Å². The van der Waals surface area contributed by atoms with E-state index in [1.54, 1.807) is 6.07 Å². The van der Waals surface area contributed by atoms with Gasteiger partial charge in [0.2, 0.25) is 0 Å². The summed E-state index contributed by atoms with van der Waals surface area (Å²) in [6.45, 7) is 3.49. The van der Waals surface area contributed by atoms with E-state index in [1.165, 1.54) is 12.1 Å². The van der Waals surface area contributed by atoms with Crippen LogP contribution in [0.4, 0.5) is 15.9 Å². The second kappa shape index (κ2) is 7.27. The highest BCUT2D eigenvalue weighted by atomic mass is 35.5. The zero-order valence-corrected chi connectivity index (χ0v) is 13.0. The van der Waals surface area contributed by atoms with Crippen LogP contribution in [0, 0.1) is 5.82 Å². The first-order valence-corrected chi connectivity index (χ1v) is 7.34. The number of rotatable bonds is 6. The number of pyridine rings is 1. The highest BCUT2D eigenvalue weighted by Crippen LogP contribution is 2.21. The number of anilines is 2. The second-order valence-electron chi connectivity index (χ2n) is 4.89. The summed E-state index contributed by atoms with van der Waals surface area (Å²) in [5.74, 6) is 0.556. The third-order valence-corrected chi connectivity index (χ3v) is 3.45. The van der Waals surface area contributed by atoms with Gasteiger partial charge < -0.3 is 10.2 Å². The Morgan fingerprint density at radius 3 is 2.81 bits per heavy atom. The molecule has 0 aliphatic heterocycles. The Hall–Kier alpha value is -1.81. The zero-order valence-electron chi connectivity index (χ0n) is 12.2. The van der Waals surface area contributed by atoms with Gasteiger partial charge in [-0.1, -0.05) is 24.6 Å². The van der Waals surface area contributed by atoms with E-state index in [0.717, 1.165) is 30.2 Å². The molecule has 21 heavy (non-hydrogen) atoms. The molecule has 0 bridgehead atoms. The van der Waals surface area contributed by atoms with Crippen LogP contribution in [-0.2, 0) is 6.54 Å². The molecule has 2 rings (SSSR count). The van der Waals surface area contributed by atoms with Crippen molar-refractivity contribution in [3.8, 4) is 0 Å². The normalized spacial score (nSPS) is 10.5. The average Bonchev–Trinajstić information content (AvgIpc) is 2.48. The molecule has 0 unspecified atom stereocenters. The van der Waals surface area contributed by atoms with Crippen molar-refractivity contribution >= 4 is 23.1 Å². The fraction of sp³-hybridized carbons (Fsp3) is 0.312.